The Bertz CT molecular complexity index is 1130. The van der Waals surface area contributed by atoms with E-state index in [1.165, 1.54) is 88.2 Å². The molecular weight excluding hydrogens is 460 g/mol. The van der Waals surface area contributed by atoms with E-state index in [9.17, 15) is 0 Å². The van der Waals surface area contributed by atoms with E-state index in [-0.39, 0.29) is 0 Å². The van der Waals surface area contributed by atoms with Crippen LogP contribution >= 0.6 is 0 Å². The Balaban J connectivity index is 1.48. The lowest BCUT2D eigenvalue weighted by atomic mass is 9.98. The molecule has 0 fully saturated rings. The highest BCUT2D eigenvalue weighted by Crippen LogP contribution is 2.31. The standard InChI is InChI=1S/C36H46N2/c1-3-5-7-9-11-13-17-29-21-25-31(26-22-29)35-36(38-34-20-16-15-19-33(34)37-35)32-27-23-30(24-28-32)18-14-12-10-8-6-4-2/h15-16,19-28H,3-14,17-18H2,1-2H3. The summed E-state index contributed by atoms with van der Waals surface area (Å²) >= 11 is 0. The van der Waals surface area contributed by atoms with Crippen molar-refractivity contribution in [1.82, 2.24) is 9.97 Å². The zero-order valence-electron chi connectivity index (χ0n) is 23.7. The lowest BCUT2D eigenvalue weighted by molar-refractivity contribution is 0.607. The van der Waals surface area contributed by atoms with Crippen LogP contribution in [0.2, 0.25) is 0 Å². The quantitative estimate of drug-likeness (QED) is 0.141. The van der Waals surface area contributed by atoms with E-state index in [1.807, 2.05) is 12.1 Å². The van der Waals surface area contributed by atoms with Crippen molar-refractivity contribution in [3.8, 4) is 22.5 Å². The van der Waals surface area contributed by atoms with Crippen LogP contribution in [0.1, 0.15) is 102 Å². The summed E-state index contributed by atoms with van der Waals surface area (Å²) < 4.78 is 0. The molecule has 3 aromatic carbocycles. The molecule has 38 heavy (non-hydrogen) atoms. The predicted octanol–water partition coefficient (Wildman–Crippen LogP) is 10.8. The molecule has 2 heteroatoms. The molecule has 0 amide bonds. The molecule has 200 valence electrons. The maximum Gasteiger partial charge on any atom is 0.0973 e. The van der Waals surface area contributed by atoms with Gasteiger partial charge in [-0.05, 0) is 48.9 Å². The fraction of sp³-hybridized carbons (Fsp3) is 0.444. The highest BCUT2D eigenvalue weighted by atomic mass is 14.8. The van der Waals surface area contributed by atoms with Crippen LogP contribution in [0.5, 0.6) is 0 Å². The molecule has 0 spiro atoms. The number of rotatable bonds is 16. The Labute approximate surface area is 231 Å². The predicted molar refractivity (Wildman–Crippen MR) is 165 cm³/mol. The molecule has 4 aromatic rings. The number of fused-ring (bicyclic) bond motifs is 1. The van der Waals surface area contributed by atoms with Crippen molar-refractivity contribution in [3.63, 3.8) is 0 Å². The number of benzene rings is 3. The van der Waals surface area contributed by atoms with E-state index < -0.39 is 0 Å². The Morgan fingerprint density at radius 2 is 0.789 bits per heavy atom. The lowest BCUT2D eigenvalue weighted by Gasteiger charge is -2.12. The van der Waals surface area contributed by atoms with Crippen molar-refractivity contribution < 1.29 is 0 Å². The van der Waals surface area contributed by atoms with E-state index in [4.69, 9.17) is 9.97 Å². The van der Waals surface area contributed by atoms with Gasteiger partial charge in [0.05, 0.1) is 22.4 Å². The van der Waals surface area contributed by atoms with Crippen LogP contribution in [0.25, 0.3) is 33.5 Å². The van der Waals surface area contributed by atoms with Crippen molar-refractivity contribution in [2.45, 2.75) is 104 Å². The molecule has 0 N–H and O–H groups in total. The number of hydrogen-bond donors (Lipinski definition) is 0. The van der Waals surface area contributed by atoms with Gasteiger partial charge in [0.2, 0.25) is 0 Å². The molecule has 1 aromatic heterocycles. The Morgan fingerprint density at radius 1 is 0.421 bits per heavy atom. The Hall–Kier alpha value is -3.00. The number of para-hydroxylation sites is 2. The zero-order valence-corrected chi connectivity index (χ0v) is 23.7. The summed E-state index contributed by atoms with van der Waals surface area (Å²) in [6.07, 6.45) is 18.3. The monoisotopic (exact) mass is 506 g/mol. The van der Waals surface area contributed by atoms with Gasteiger partial charge in [0.15, 0.2) is 0 Å². The molecule has 0 saturated heterocycles. The van der Waals surface area contributed by atoms with Gasteiger partial charge in [-0.2, -0.15) is 0 Å². The average molecular weight is 507 g/mol. The second kappa shape index (κ2) is 15.4. The number of unbranched alkanes of at least 4 members (excludes halogenated alkanes) is 10. The Morgan fingerprint density at radius 3 is 1.18 bits per heavy atom. The highest BCUT2D eigenvalue weighted by Gasteiger charge is 2.13. The minimum absolute atomic E-state index is 0.946. The van der Waals surface area contributed by atoms with Gasteiger partial charge in [-0.25, -0.2) is 9.97 Å². The van der Waals surface area contributed by atoms with Gasteiger partial charge >= 0.3 is 0 Å². The topological polar surface area (TPSA) is 25.8 Å². The first kappa shape index (κ1) is 28.0. The van der Waals surface area contributed by atoms with Gasteiger partial charge in [0.25, 0.3) is 0 Å². The van der Waals surface area contributed by atoms with Crippen LogP contribution in [-0.4, -0.2) is 9.97 Å². The molecule has 0 radical (unpaired) electrons. The summed E-state index contributed by atoms with van der Waals surface area (Å²) in [5, 5.41) is 0. The summed E-state index contributed by atoms with van der Waals surface area (Å²) in [5.74, 6) is 0. The van der Waals surface area contributed by atoms with Crippen molar-refractivity contribution in [2.75, 3.05) is 0 Å². The summed E-state index contributed by atoms with van der Waals surface area (Å²) in [7, 11) is 0. The molecule has 0 aliphatic carbocycles. The van der Waals surface area contributed by atoms with Gasteiger partial charge in [-0.15, -0.1) is 0 Å². The van der Waals surface area contributed by atoms with E-state index >= 15 is 0 Å². The summed E-state index contributed by atoms with van der Waals surface area (Å²) in [6.45, 7) is 4.55. The largest absolute Gasteiger partial charge is 0.244 e. The maximum atomic E-state index is 5.10. The zero-order chi connectivity index (χ0) is 26.4. The molecule has 1 heterocycles. The third-order valence-corrected chi connectivity index (χ3v) is 7.66. The molecule has 0 unspecified atom stereocenters. The number of nitrogens with zero attached hydrogens (tertiary/aromatic N) is 2. The molecular formula is C36H46N2. The van der Waals surface area contributed by atoms with Crippen LogP contribution in [-0.2, 0) is 12.8 Å². The van der Waals surface area contributed by atoms with Gasteiger partial charge in [0.1, 0.15) is 0 Å². The summed E-state index contributed by atoms with van der Waals surface area (Å²) in [4.78, 5) is 10.2. The lowest BCUT2D eigenvalue weighted by Crippen LogP contribution is -1.96. The fourth-order valence-electron chi connectivity index (χ4n) is 5.28. The molecule has 0 bridgehead atoms. The first-order valence-corrected chi connectivity index (χ1v) is 15.2. The van der Waals surface area contributed by atoms with E-state index in [1.54, 1.807) is 0 Å². The van der Waals surface area contributed by atoms with Crippen molar-refractivity contribution in [2.24, 2.45) is 0 Å². The second-order valence-electron chi connectivity index (χ2n) is 10.8. The molecule has 4 rings (SSSR count). The molecule has 0 saturated carbocycles. The van der Waals surface area contributed by atoms with Crippen molar-refractivity contribution in [3.05, 3.63) is 83.9 Å². The van der Waals surface area contributed by atoms with Gasteiger partial charge in [-0.1, -0.05) is 139 Å². The van der Waals surface area contributed by atoms with Gasteiger partial charge < -0.3 is 0 Å². The average Bonchev–Trinajstić information content (AvgIpc) is 2.97. The van der Waals surface area contributed by atoms with E-state index in [0.29, 0.717) is 0 Å². The van der Waals surface area contributed by atoms with Gasteiger partial charge in [-0.3, -0.25) is 0 Å². The molecule has 0 aliphatic rings. The van der Waals surface area contributed by atoms with Crippen molar-refractivity contribution in [1.29, 1.82) is 0 Å². The minimum atomic E-state index is 0.946. The second-order valence-corrected chi connectivity index (χ2v) is 10.8. The third kappa shape index (κ3) is 8.25. The molecule has 2 nitrogen and oxygen atoms in total. The minimum Gasteiger partial charge on any atom is -0.244 e. The fourth-order valence-corrected chi connectivity index (χ4v) is 5.28. The summed E-state index contributed by atoms with van der Waals surface area (Å²) in [5.41, 5.74) is 8.94. The maximum absolute atomic E-state index is 5.10. The third-order valence-electron chi connectivity index (χ3n) is 7.66. The van der Waals surface area contributed by atoms with E-state index in [2.05, 4.69) is 74.5 Å². The number of aromatic nitrogens is 2. The first-order chi connectivity index (χ1) is 18.8. The number of aryl methyl sites for hydroxylation is 2. The van der Waals surface area contributed by atoms with Crippen molar-refractivity contribution >= 4 is 11.0 Å². The highest BCUT2D eigenvalue weighted by molar-refractivity contribution is 5.86. The normalized spacial score (nSPS) is 11.3. The summed E-state index contributed by atoms with van der Waals surface area (Å²) in [6, 6.07) is 26.3. The SMILES string of the molecule is CCCCCCCCc1ccc(-c2nc3ccccc3nc2-c2ccc(CCCCCCCC)cc2)cc1. The molecule has 0 atom stereocenters. The van der Waals surface area contributed by atoms with Crippen LogP contribution in [0.15, 0.2) is 72.8 Å². The van der Waals surface area contributed by atoms with Crippen LogP contribution in [0, 0.1) is 0 Å². The smallest absolute Gasteiger partial charge is 0.0973 e. The van der Waals surface area contributed by atoms with Gasteiger partial charge in [0, 0.05) is 11.1 Å². The molecule has 0 aliphatic heterocycles. The van der Waals surface area contributed by atoms with Crippen LogP contribution in [0.4, 0.5) is 0 Å². The first-order valence-electron chi connectivity index (χ1n) is 15.2. The van der Waals surface area contributed by atoms with Crippen LogP contribution in [0.3, 0.4) is 0 Å². The van der Waals surface area contributed by atoms with E-state index in [0.717, 1.165) is 46.4 Å². The van der Waals surface area contributed by atoms with Crippen LogP contribution < -0.4 is 0 Å². The Kier molecular flexibility index (Phi) is 11.4. The number of hydrogen-bond acceptors (Lipinski definition) is 2.